The van der Waals surface area contributed by atoms with Crippen molar-refractivity contribution in [3.8, 4) is 33.5 Å². The first-order valence-electron chi connectivity index (χ1n) is 15.5. The molecule has 0 bridgehead atoms. The fourth-order valence-electron chi connectivity index (χ4n) is 7.01. The predicted octanol–water partition coefficient (Wildman–Crippen LogP) is 12.2. The molecular formula is C43H25NO2. The lowest BCUT2D eigenvalue weighted by molar-refractivity contribution is 0.670. The van der Waals surface area contributed by atoms with Gasteiger partial charge < -0.3 is 8.83 Å². The van der Waals surface area contributed by atoms with Gasteiger partial charge in [0.15, 0.2) is 0 Å². The van der Waals surface area contributed by atoms with E-state index in [9.17, 15) is 0 Å². The van der Waals surface area contributed by atoms with Crippen LogP contribution in [0.5, 0.6) is 0 Å². The molecule has 0 aliphatic rings. The number of nitrogens with zero attached hydrogens (tertiary/aromatic N) is 1. The molecule has 46 heavy (non-hydrogen) atoms. The number of para-hydroxylation sites is 4. The van der Waals surface area contributed by atoms with Crippen molar-refractivity contribution in [3.05, 3.63) is 152 Å². The summed E-state index contributed by atoms with van der Waals surface area (Å²) in [5.74, 6) is 0. The molecule has 0 saturated heterocycles. The average molecular weight is 588 g/mol. The number of fused-ring (bicyclic) bond motifs is 8. The molecule has 0 aliphatic carbocycles. The summed E-state index contributed by atoms with van der Waals surface area (Å²) >= 11 is 0. The van der Waals surface area contributed by atoms with Crippen LogP contribution in [-0.2, 0) is 0 Å². The van der Waals surface area contributed by atoms with Crippen LogP contribution >= 0.6 is 0 Å². The third-order valence-electron chi connectivity index (χ3n) is 9.22. The second-order valence-electron chi connectivity index (χ2n) is 11.9. The van der Waals surface area contributed by atoms with E-state index in [-0.39, 0.29) is 0 Å². The molecule has 0 unspecified atom stereocenters. The smallest absolute Gasteiger partial charge is 0.143 e. The Morgan fingerprint density at radius 3 is 1.52 bits per heavy atom. The van der Waals surface area contributed by atoms with E-state index in [1.165, 1.54) is 10.8 Å². The van der Waals surface area contributed by atoms with Crippen LogP contribution in [0.4, 0.5) is 0 Å². The molecule has 10 aromatic rings. The summed E-state index contributed by atoms with van der Waals surface area (Å²) in [5, 5.41) is 7.97. The quantitative estimate of drug-likeness (QED) is 0.193. The van der Waals surface area contributed by atoms with E-state index < -0.39 is 0 Å². The molecule has 3 nitrogen and oxygen atoms in total. The Hall–Kier alpha value is -6.19. The van der Waals surface area contributed by atoms with E-state index in [1.807, 2.05) is 24.3 Å². The van der Waals surface area contributed by atoms with Crippen LogP contribution in [0.25, 0.3) is 99.1 Å². The summed E-state index contributed by atoms with van der Waals surface area (Å²) in [4.78, 5) is 5.21. The predicted molar refractivity (Wildman–Crippen MR) is 190 cm³/mol. The number of hydrogen-bond acceptors (Lipinski definition) is 3. The van der Waals surface area contributed by atoms with Crippen LogP contribution in [0.1, 0.15) is 0 Å². The minimum atomic E-state index is 0.881. The fraction of sp³-hybridized carbons (Fsp3) is 0. The molecule has 214 valence electrons. The summed E-state index contributed by atoms with van der Waals surface area (Å²) in [5.41, 5.74) is 10.7. The highest BCUT2D eigenvalue weighted by atomic mass is 16.3. The molecule has 0 spiro atoms. The van der Waals surface area contributed by atoms with Crippen LogP contribution in [0.2, 0.25) is 0 Å². The number of benzene rings is 7. The summed E-state index contributed by atoms with van der Waals surface area (Å²) in [6.45, 7) is 0. The lowest BCUT2D eigenvalue weighted by Gasteiger charge is -2.12. The average Bonchev–Trinajstić information content (AvgIpc) is 3.69. The Bertz CT molecular complexity index is 2690. The lowest BCUT2D eigenvalue weighted by atomic mass is 9.93. The van der Waals surface area contributed by atoms with Gasteiger partial charge in [-0.2, -0.15) is 0 Å². The Labute approximate surface area is 264 Å². The lowest BCUT2D eigenvalue weighted by Crippen LogP contribution is -1.90. The number of furan rings is 2. The van der Waals surface area contributed by atoms with Crippen molar-refractivity contribution in [1.82, 2.24) is 4.98 Å². The van der Waals surface area contributed by atoms with Gasteiger partial charge in [-0.1, -0.05) is 103 Å². The summed E-state index contributed by atoms with van der Waals surface area (Å²) in [6, 6.07) is 53.2. The molecule has 0 radical (unpaired) electrons. The van der Waals surface area contributed by atoms with Gasteiger partial charge in [0.05, 0.1) is 11.2 Å². The second kappa shape index (κ2) is 9.65. The first kappa shape index (κ1) is 25.2. The number of hydrogen-bond donors (Lipinski definition) is 0. The fourth-order valence-corrected chi connectivity index (χ4v) is 7.01. The first-order valence-corrected chi connectivity index (χ1v) is 15.5. The van der Waals surface area contributed by atoms with E-state index >= 15 is 0 Å². The maximum absolute atomic E-state index is 6.50. The highest BCUT2D eigenvalue weighted by Gasteiger charge is 2.17. The van der Waals surface area contributed by atoms with Gasteiger partial charge in [-0.15, -0.1) is 0 Å². The zero-order valence-electron chi connectivity index (χ0n) is 24.7. The van der Waals surface area contributed by atoms with Crippen LogP contribution in [-0.4, -0.2) is 4.98 Å². The van der Waals surface area contributed by atoms with Gasteiger partial charge >= 0.3 is 0 Å². The number of pyridine rings is 1. The summed E-state index contributed by atoms with van der Waals surface area (Å²) < 4.78 is 13.0. The molecule has 0 aliphatic heterocycles. The molecule has 0 saturated carbocycles. The maximum Gasteiger partial charge on any atom is 0.143 e. The second-order valence-corrected chi connectivity index (χ2v) is 11.9. The molecule has 0 N–H and O–H groups in total. The standard InChI is InChI=1S/C43H25NO2/c1-2-10-27-25-39-28(21-26(27)9-1)19-20-38(44-39)31-23-29(32-13-7-15-36-34-11-3-5-17-40(34)45-42(32)36)22-30(24-31)33-14-8-16-37-35-12-4-6-18-41(35)46-43(33)37/h1-25H. The molecule has 10 rings (SSSR count). The van der Waals surface area contributed by atoms with Crippen molar-refractivity contribution in [1.29, 1.82) is 0 Å². The molecule has 0 amide bonds. The van der Waals surface area contributed by atoms with Crippen molar-refractivity contribution in [3.63, 3.8) is 0 Å². The van der Waals surface area contributed by atoms with Crippen molar-refractivity contribution < 1.29 is 8.83 Å². The van der Waals surface area contributed by atoms with Gasteiger partial charge in [0.1, 0.15) is 22.3 Å². The van der Waals surface area contributed by atoms with Gasteiger partial charge in [-0.25, -0.2) is 4.98 Å². The van der Waals surface area contributed by atoms with Gasteiger partial charge in [0.2, 0.25) is 0 Å². The van der Waals surface area contributed by atoms with Gasteiger partial charge in [-0.05, 0) is 70.4 Å². The third kappa shape index (κ3) is 3.82. The highest BCUT2D eigenvalue weighted by molar-refractivity contribution is 6.12. The minimum Gasteiger partial charge on any atom is -0.455 e. The van der Waals surface area contributed by atoms with Crippen molar-refractivity contribution in [2.45, 2.75) is 0 Å². The zero-order chi connectivity index (χ0) is 30.2. The molecule has 0 fully saturated rings. The van der Waals surface area contributed by atoms with Crippen LogP contribution in [0.15, 0.2) is 160 Å². The summed E-state index contributed by atoms with van der Waals surface area (Å²) in [7, 11) is 0. The largest absolute Gasteiger partial charge is 0.455 e. The molecule has 0 atom stereocenters. The SMILES string of the molecule is c1ccc2cc3nc(-c4cc(-c5cccc6c5oc5ccccc56)cc(-c5cccc6c5oc5ccccc56)c4)ccc3cc2c1. The topological polar surface area (TPSA) is 39.2 Å². The molecule has 7 aromatic carbocycles. The summed E-state index contributed by atoms with van der Waals surface area (Å²) in [6.07, 6.45) is 0. The Balaban J connectivity index is 1.25. The molecule has 3 heterocycles. The van der Waals surface area contributed by atoms with Gasteiger partial charge in [0, 0.05) is 43.6 Å². The monoisotopic (exact) mass is 587 g/mol. The van der Waals surface area contributed by atoms with Crippen molar-refractivity contribution >= 4 is 65.6 Å². The van der Waals surface area contributed by atoms with Crippen LogP contribution in [0.3, 0.4) is 0 Å². The van der Waals surface area contributed by atoms with Crippen molar-refractivity contribution in [2.24, 2.45) is 0 Å². The van der Waals surface area contributed by atoms with Crippen LogP contribution < -0.4 is 0 Å². The minimum absolute atomic E-state index is 0.881. The first-order chi connectivity index (χ1) is 22.8. The van der Waals surface area contributed by atoms with Gasteiger partial charge in [0.25, 0.3) is 0 Å². The maximum atomic E-state index is 6.50. The Morgan fingerprint density at radius 2 is 0.891 bits per heavy atom. The highest BCUT2D eigenvalue weighted by Crippen LogP contribution is 2.41. The van der Waals surface area contributed by atoms with Gasteiger partial charge in [-0.3, -0.25) is 0 Å². The zero-order valence-corrected chi connectivity index (χ0v) is 24.7. The normalized spacial score (nSPS) is 11.9. The Kier molecular flexibility index (Phi) is 5.28. The number of rotatable bonds is 3. The Morgan fingerprint density at radius 1 is 0.370 bits per heavy atom. The number of aromatic nitrogens is 1. The van der Waals surface area contributed by atoms with E-state index in [4.69, 9.17) is 13.8 Å². The van der Waals surface area contributed by atoms with E-state index in [1.54, 1.807) is 0 Å². The molecule has 3 heteroatoms. The van der Waals surface area contributed by atoms with Crippen molar-refractivity contribution in [2.75, 3.05) is 0 Å². The van der Waals surface area contributed by atoms with E-state index in [2.05, 4.69) is 127 Å². The van der Waals surface area contributed by atoms with Crippen LogP contribution in [0, 0.1) is 0 Å². The molecule has 3 aromatic heterocycles. The van der Waals surface area contributed by atoms with E-state index in [0.29, 0.717) is 0 Å². The molecular weight excluding hydrogens is 562 g/mol. The third-order valence-corrected chi connectivity index (χ3v) is 9.22. The van der Waals surface area contributed by atoms with E-state index in [0.717, 1.165) is 88.3 Å².